The molecule has 0 saturated carbocycles. The fraction of sp³-hybridized carbons (Fsp3) is 0.267. The summed E-state index contributed by atoms with van der Waals surface area (Å²) in [6, 6.07) is 1.70. The highest BCUT2D eigenvalue weighted by Gasteiger charge is 2.37. The second-order valence-corrected chi connectivity index (χ2v) is 5.58. The first-order chi connectivity index (χ1) is 11.6. The molecular weight excluding hydrogens is 378 g/mol. The molecule has 0 saturated heterocycles. The van der Waals surface area contributed by atoms with Crippen LogP contribution in [0.3, 0.4) is 0 Å². The van der Waals surface area contributed by atoms with E-state index in [4.69, 9.17) is 5.11 Å². The van der Waals surface area contributed by atoms with Crippen LogP contribution >= 0.6 is 13.5 Å². The summed E-state index contributed by atoms with van der Waals surface area (Å²) >= 11 is 0. The first-order valence-electron chi connectivity index (χ1n) is 7.10. The van der Waals surface area contributed by atoms with Gasteiger partial charge in [-0.3, -0.25) is 9.48 Å². The van der Waals surface area contributed by atoms with Crippen LogP contribution in [0.1, 0.15) is 39.4 Å². The van der Waals surface area contributed by atoms with E-state index in [1.165, 1.54) is 4.68 Å². The second kappa shape index (κ2) is 6.63. The molecule has 0 fully saturated rings. The summed E-state index contributed by atoms with van der Waals surface area (Å²) in [6.45, 7) is 1.67. The third-order valence-electron chi connectivity index (χ3n) is 3.91. The lowest BCUT2D eigenvalue weighted by atomic mass is 10.1. The van der Waals surface area contributed by atoms with Gasteiger partial charge in [-0.25, -0.2) is 9.18 Å². The molecule has 0 aliphatic carbocycles. The van der Waals surface area contributed by atoms with E-state index in [0.29, 0.717) is 12.1 Å². The van der Waals surface area contributed by atoms with Crippen molar-refractivity contribution in [1.29, 1.82) is 0 Å². The molecule has 2 heterocycles. The molecule has 1 N–H and O–H groups in total. The first-order valence-corrected chi connectivity index (χ1v) is 7.10. The molecule has 140 valence electrons. The topological polar surface area (TPSA) is 75.4 Å². The largest absolute Gasteiger partial charge is 0.478 e. The fourth-order valence-electron chi connectivity index (χ4n) is 2.74. The van der Waals surface area contributed by atoms with E-state index in [1.54, 1.807) is 6.92 Å². The minimum Gasteiger partial charge on any atom is -0.478 e. The number of amides is 1. The fourth-order valence-corrected chi connectivity index (χ4v) is 2.74. The van der Waals surface area contributed by atoms with Gasteiger partial charge in [0.15, 0.2) is 0 Å². The van der Waals surface area contributed by atoms with Crippen LogP contribution in [-0.2, 0) is 6.18 Å². The Bertz CT molecular complexity index is 882. The summed E-state index contributed by atoms with van der Waals surface area (Å²) in [4.78, 5) is 24.9. The van der Waals surface area contributed by atoms with E-state index in [1.807, 2.05) is 0 Å². The summed E-state index contributed by atoms with van der Waals surface area (Å²) in [5.41, 5.74) is -2.06. The van der Waals surface area contributed by atoms with Gasteiger partial charge in [0.1, 0.15) is 17.1 Å². The van der Waals surface area contributed by atoms with Gasteiger partial charge in [0.05, 0.1) is 17.8 Å². The molecule has 0 unspecified atom stereocenters. The molecule has 6 nitrogen and oxygen atoms in total. The zero-order valence-electron chi connectivity index (χ0n) is 13.2. The number of halogens is 4. The molecule has 26 heavy (non-hydrogen) atoms. The Morgan fingerprint density at radius 3 is 2.54 bits per heavy atom. The quantitative estimate of drug-likeness (QED) is 0.799. The SMILES string of the molecule is C[C@H]1CN(c2ccc(C(F)(F)F)c(F)c2)C(=O)c2c(C(=O)O)cnn21.S. The summed E-state index contributed by atoms with van der Waals surface area (Å²) in [6.07, 6.45) is -3.82. The molecule has 0 bridgehead atoms. The van der Waals surface area contributed by atoms with Gasteiger partial charge in [-0.2, -0.15) is 31.8 Å². The minimum absolute atomic E-state index is 0. The number of carboxylic acids is 1. The summed E-state index contributed by atoms with van der Waals surface area (Å²) in [5.74, 6) is -3.64. The minimum atomic E-state index is -4.85. The number of carbonyl (C=O) groups excluding carboxylic acids is 1. The number of fused-ring (bicyclic) bond motifs is 1. The van der Waals surface area contributed by atoms with Crippen molar-refractivity contribution in [2.75, 3.05) is 11.4 Å². The Morgan fingerprint density at radius 2 is 2.00 bits per heavy atom. The number of hydrogen-bond acceptors (Lipinski definition) is 3. The molecule has 1 aliphatic heterocycles. The maximum absolute atomic E-state index is 13.8. The molecule has 2 aromatic rings. The Hall–Kier alpha value is -2.56. The zero-order valence-corrected chi connectivity index (χ0v) is 14.2. The number of hydrogen-bond donors (Lipinski definition) is 1. The number of rotatable bonds is 2. The number of benzene rings is 1. The number of alkyl halides is 3. The predicted molar refractivity (Wildman–Crippen MR) is 87.4 cm³/mol. The van der Waals surface area contributed by atoms with Crippen LogP contribution in [0.5, 0.6) is 0 Å². The zero-order chi connectivity index (χ0) is 18.5. The summed E-state index contributed by atoms with van der Waals surface area (Å²) in [7, 11) is 0. The van der Waals surface area contributed by atoms with Gasteiger partial charge in [0.25, 0.3) is 5.91 Å². The maximum Gasteiger partial charge on any atom is 0.419 e. The van der Waals surface area contributed by atoms with Gasteiger partial charge in [-0.15, -0.1) is 0 Å². The van der Waals surface area contributed by atoms with Crippen molar-refractivity contribution in [2.24, 2.45) is 0 Å². The van der Waals surface area contributed by atoms with Crippen molar-refractivity contribution in [2.45, 2.75) is 19.1 Å². The lowest BCUT2D eigenvalue weighted by molar-refractivity contribution is -0.139. The van der Waals surface area contributed by atoms with Crippen LogP contribution in [0.2, 0.25) is 0 Å². The van der Waals surface area contributed by atoms with Gasteiger partial charge in [0.2, 0.25) is 0 Å². The van der Waals surface area contributed by atoms with Gasteiger partial charge < -0.3 is 10.0 Å². The van der Waals surface area contributed by atoms with Crippen LogP contribution in [-0.4, -0.2) is 33.3 Å². The van der Waals surface area contributed by atoms with E-state index in [0.717, 1.165) is 17.2 Å². The Morgan fingerprint density at radius 1 is 1.35 bits per heavy atom. The molecule has 1 aromatic heterocycles. The van der Waals surface area contributed by atoms with Gasteiger partial charge >= 0.3 is 12.1 Å². The highest BCUT2D eigenvalue weighted by Crippen LogP contribution is 2.34. The van der Waals surface area contributed by atoms with Crippen molar-refractivity contribution in [3.63, 3.8) is 0 Å². The van der Waals surface area contributed by atoms with E-state index in [2.05, 4.69) is 5.10 Å². The molecule has 0 spiro atoms. The van der Waals surface area contributed by atoms with E-state index in [9.17, 15) is 27.2 Å². The summed E-state index contributed by atoms with van der Waals surface area (Å²) < 4.78 is 53.0. The van der Waals surface area contributed by atoms with Gasteiger partial charge in [-0.05, 0) is 25.1 Å². The summed E-state index contributed by atoms with van der Waals surface area (Å²) in [5, 5.41) is 13.0. The van der Waals surface area contributed by atoms with Crippen LogP contribution < -0.4 is 4.90 Å². The number of carboxylic acid groups (broad SMARTS) is 1. The monoisotopic (exact) mass is 391 g/mol. The molecule has 1 aromatic carbocycles. The maximum atomic E-state index is 13.8. The molecule has 11 heteroatoms. The average molecular weight is 391 g/mol. The van der Waals surface area contributed by atoms with Crippen molar-refractivity contribution >= 4 is 31.1 Å². The highest BCUT2D eigenvalue weighted by atomic mass is 32.1. The van der Waals surface area contributed by atoms with Crippen LogP contribution in [0, 0.1) is 5.82 Å². The third-order valence-corrected chi connectivity index (χ3v) is 3.91. The molecule has 3 rings (SSSR count). The number of carbonyl (C=O) groups is 2. The van der Waals surface area contributed by atoms with E-state index >= 15 is 0 Å². The smallest absolute Gasteiger partial charge is 0.419 e. The first kappa shape index (κ1) is 19.8. The Balaban J connectivity index is 0.00000243. The van der Waals surface area contributed by atoms with Gasteiger partial charge in [-0.1, -0.05) is 0 Å². The normalized spacial score (nSPS) is 16.9. The molecule has 1 aliphatic rings. The van der Waals surface area contributed by atoms with E-state index in [-0.39, 0.29) is 37.0 Å². The predicted octanol–water partition coefficient (Wildman–Crippen LogP) is 3.07. The van der Waals surface area contributed by atoms with Crippen LogP contribution in [0.25, 0.3) is 0 Å². The number of aromatic carboxylic acids is 1. The molecule has 0 radical (unpaired) electrons. The molecular formula is C15H13F4N3O3S. The van der Waals surface area contributed by atoms with E-state index < -0.39 is 35.5 Å². The van der Waals surface area contributed by atoms with Crippen molar-refractivity contribution < 1.29 is 32.3 Å². The number of anilines is 1. The Kier molecular flexibility index (Phi) is 5.04. The second-order valence-electron chi connectivity index (χ2n) is 5.58. The van der Waals surface area contributed by atoms with Crippen molar-refractivity contribution in [3.8, 4) is 0 Å². The number of nitrogens with zero attached hydrogens (tertiary/aromatic N) is 3. The highest BCUT2D eigenvalue weighted by molar-refractivity contribution is 7.59. The number of aromatic nitrogens is 2. The van der Waals surface area contributed by atoms with Crippen LogP contribution in [0.4, 0.5) is 23.2 Å². The molecule has 1 amide bonds. The third kappa shape index (κ3) is 3.14. The van der Waals surface area contributed by atoms with Crippen LogP contribution in [0.15, 0.2) is 24.4 Å². The lowest BCUT2D eigenvalue weighted by Gasteiger charge is -2.32. The van der Waals surface area contributed by atoms with Crippen molar-refractivity contribution in [3.05, 3.63) is 47.0 Å². The Labute approximate surface area is 151 Å². The average Bonchev–Trinajstić information content (AvgIpc) is 2.95. The van der Waals surface area contributed by atoms with Crippen molar-refractivity contribution in [1.82, 2.24) is 9.78 Å². The van der Waals surface area contributed by atoms with Gasteiger partial charge in [0, 0.05) is 12.2 Å². The lowest BCUT2D eigenvalue weighted by Crippen LogP contribution is -2.43. The standard InChI is InChI=1S/C15H11F4N3O3.H2S/c1-7-6-21(8-2-3-10(11(16)4-8)15(17,18)19)13(23)12-9(14(24)25)5-20-22(7)12;/h2-5,7H,6H2,1H3,(H,24,25);1H2/t7-;/m0./s1. The molecule has 1 atom stereocenters.